The van der Waals surface area contributed by atoms with Gasteiger partial charge in [0.05, 0.1) is 0 Å². The Kier molecular flexibility index (Phi) is 11.2. The minimum absolute atomic E-state index is 0.287. The summed E-state index contributed by atoms with van der Waals surface area (Å²) in [5.74, 6) is 0. The van der Waals surface area contributed by atoms with Crippen LogP contribution in [0.1, 0.15) is 36.5 Å². The molecule has 0 radical (unpaired) electrons. The van der Waals surface area contributed by atoms with Crippen molar-refractivity contribution >= 4 is 57.6 Å². The number of rotatable bonds is 12. The summed E-state index contributed by atoms with van der Waals surface area (Å²) in [6.45, 7) is 0.718. The Bertz CT molecular complexity index is 2140. The van der Waals surface area contributed by atoms with Gasteiger partial charge in [-0.1, -0.05) is 231 Å². The van der Waals surface area contributed by atoms with Gasteiger partial charge < -0.3 is 9.47 Å². The molecular weight excluding hydrogens is 737 g/mol. The Morgan fingerprint density at radius 3 is 0.966 bits per heavy atom. The smallest absolute Gasteiger partial charge is 0.179 e. The van der Waals surface area contributed by atoms with Crippen molar-refractivity contribution in [2.45, 2.75) is 31.7 Å². The molecule has 1 atom stereocenters. The van der Waals surface area contributed by atoms with Crippen molar-refractivity contribution in [2.75, 3.05) is 6.61 Å². The lowest BCUT2D eigenvalue weighted by Gasteiger charge is -2.36. The summed E-state index contributed by atoms with van der Waals surface area (Å²) < 4.78 is 13.6. The molecule has 4 heteroatoms. The molecule has 1 aliphatic rings. The van der Waals surface area contributed by atoms with Crippen molar-refractivity contribution in [3.8, 4) is 0 Å². The zero-order chi connectivity index (χ0) is 39.0. The van der Waals surface area contributed by atoms with Crippen LogP contribution in [0.2, 0.25) is 0 Å². The van der Waals surface area contributed by atoms with E-state index in [9.17, 15) is 0 Å². The molecule has 0 bridgehead atoms. The predicted molar refractivity (Wildman–Crippen MR) is 247 cm³/mol. The molecule has 1 heterocycles. The molecule has 58 heavy (non-hydrogen) atoms. The minimum Gasteiger partial charge on any atom is -0.353 e. The molecule has 9 rings (SSSR count). The Morgan fingerprint density at radius 2 is 0.672 bits per heavy atom. The fourth-order valence-electron chi connectivity index (χ4n) is 9.32. The second-order valence-corrected chi connectivity index (χ2v) is 22.9. The van der Waals surface area contributed by atoms with E-state index in [1.165, 1.54) is 41.5 Å². The minimum atomic E-state index is -2.78. The van der Waals surface area contributed by atoms with Crippen molar-refractivity contribution < 1.29 is 9.47 Å². The van der Waals surface area contributed by atoms with E-state index in [0.29, 0.717) is 0 Å². The van der Waals surface area contributed by atoms with Gasteiger partial charge in [-0.15, -0.1) is 0 Å². The van der Waals surface area contributed by atoms with Crippen LogP contribution in [0.25, 0.3) is 0 Å². The van der Waals surface area contributed by atoms with E-state index in [2.05, 4.69) is 231 Å². The fraction of sp³-hybridized carbons (Fsp3) is 0.111. The fourth-order valence-corrected chi connectivity index (χ4v) is 18.9. The van der Waals surface area contributed by atoms with Crippen LogP contribution in [0.3, 0.4) is 0 Å². The zero-order valence-electron chi connectivity index (χ0n) is 32.7. The summed E-state index contributed by atoms with van der Waals surface area (Å²) in [5, 5.41) is 10.8. The Hall–Kier alpha value is -5.89. The standard InChI is InChI=1S/C54H48O2Si2/c1-7-25-45(26-8-1)57(46-27-9-2-10-28-46,47-29-11-3-12-30-47)51-37-21-23-43(41-51)54(56-53-39-19-20-40-55-53)44-24-22-38-52(42-44)58(48-31-13-4-14-32-48,49-33-15-5-16-34-49)50-35-17-6-18-36-50/h1-18,21-38,41-42,53-54H,19-20,39-40H2. The van der Waals surface area contributed by atoms with Crippen LogP contribution in [-0.2, 0) is 9.47 Å². The number of hydrogen-bond donors (Lipinski definition) is 0. The van der Waals surface area contributed by atoms with Crippen molar-refractivity contribution in [1.82, 2.24) is 0 Å². The molecule has 1 saturated heterocycles. The van der Waals surface area contributed by atoms with Crippen molar-refractivity contribution in [1.29, 1.82) is 0 Å². The molecule has 0 aromatic heterocycles. The molecule has 8 aromatic carbocycles. The van der Waals surface area contributed by atoms with E-state index in [1.54, 1.807) is 0 Å². The van der Waals surface area contributed by atoms with Gasteiger partial charge in [-0.25, -0.2) is 0 Å². The zero-order valence-corrected chi connectivity index (χ0v) is 34.7. The molecule has 0 N–H and O–H groups in total. The van der Waals surface area contributed by atoms with Gasteiger partial charge in [0.25, 0.3) is 0 Å². The molecule has 8 aromatic rings. The average Bonchev–Trinajstić information content (AvgIpc) is 3.31. The molecule has 0 saturated carbocycles. The third-order valence-corrected chi connectivity index (χ3v) is 21.5. The third kappa shape index (κ3) is 7.14. The highest BCUT2D eigenvalue weighted by Crippen LogP contribution is 2.30. The largest absolute Gasteiger partial charge is 0.353 e. The lowest BCUT2D eigenvalue weighted by Crippen LogP contribution is -2.74. The van der Waals surface area contributed by atoms with E-state index < -0.39 is 16.1 Å². The van der Waals surface area contributed by atoms with Crippen molar-refractivity contribution in [3.63, 3.8) is 0 Å². The molecule has 0 amide bonds. The number of hydrogen-bond acceptors (Lipinski definition) is 2. The SMILES string of the molecule is c1ccc([Si](c2ccccc2)(c2ccccc2)c2cccc(C(OC3CCCCO3)c3cccc([Si](c4ccccc4)(c4ccccc4)c4ccccc4)c3)c2)cc1. The second kappa shape index (κ2) is 17.3. The summed E-state index contributed by atoms with van der Waals surface area (Å²) in [7, 11) is -5.57. The van der Waals surface area contributed by atoms with E-state index in [4.69, 9.17) is 9.47 Å². The van der Waals surface area contributed by atoms with Crippen LogP contribution < -0.4 is 41.5 Å². The van der Waals surface area contributed by atoms with Crippen molar-refractivity contribution in [2.24, 2.45) is 0 Å². The first-order valence-corrected chi connectivity index (χ1v) is 24.6. The summed E-state index contributed by atoms with van der Waals surface area (Å²) in [4.78, 5) is 0. The van der Waals surface area contributed by atoms with Crippen LogP contribution >= 0.6 is 0 Å². The van der Waals surface area contributed by atoms with Crippen molar-refractivity contribution in [3.05, 3.63) is 242 Å². The molecule has 284 valence electrons. The Balaban J connectivity index is 1.27. The lowest BCUT2D eigenvalue weighted by atomic mass is 10.0. The van der Waals surface area contributed by atoms with Crippen LogP contribution in [-0.4, -0.2) is 29.0 Å². The summed E-state index contributed by atoms with van der Waals surface area (Å²) in [5.41, 5.74) is 2.27. The Labute approximate surface area is 345 Å². The summed E-state index contributed by atoms with van der Waals surface area (Å²) in [6.07, 6.45) is 2.39. The first-order valence-electron chi connectivity index (χ1n) is 20.6. The van der Waals surface area contributed by atoms with Crippen LogP contribution in [0.4, 0.5) is 0 Å². The highest BCUT2D eigenvalue weighted by atomic mass is 28.3. The Morgan fingerprint density at radius 1 is 0.362 bits per heavy atom. The topological polar surface area (TPSA) is 18.5 Å². The van der Waals surface area contributed by atoms with Crippen LogP contribution in [0, 0.1) is 0 Å². The third-order valence-electron chi connectivity index (χ3n) is 11.9. The van der Waals surface area contributed by atoms with Crippen LogP contribution in [0.15, 0.2) is 231 Å². The highest BCUT2D eigenvalue weighted by Gasteiger charge is 2.43. The van der Waals surface area contributed by atoms with E-state index >= 15 is 0 Å². The van der Waals surface area contributed by atoms with E-state index in [0.717, 1.165) is 37.0 Å². The molecule has 1 aliphatic heterocycles. The summed E-state index contributed by atoms with van der Waals surface area (Å²) >= 11 is 0. The monoisotopic (exact) mass is 784 g/mol. The average molecular weight is 785 g/mol. The van der Waals surface area contributed by atoms with Gasteiger partial charge in [-0.3, -0.25) is 0 Å². The predicted octanol–water partition coefficient (Wildman–Crippen LogP) is 7.07. The first-order chi connectivity index (χ1) is 28.8. The maximum Gasteiger partial charge on any atom is 0.179 e. The summed E-state index contributed by atoms with van der Waals surface area (Å²) in [6, 6.07) is 85.6. The lowest BCUT2D eigenvalue weighted by molar-refractivity contribution is -0.181. The maximum atomic E-state index is 7.24. The van der Waals surface area contributed by atoms with Gasteiger partial charge >= 0.3 is 0 Å². The molecule has 1 fully saturated rings. The molecule has 0 spiro atoms. The van der Waals surface area contributed by atoms with Crippen LogP contribution in [0.5, 0.6) is 0 Å². The number of benzene rings is 8. The normalized spacial score (nSPS) is 14.6. The van der Waals surface area contributed by atoms with E-state index in [-0.39, 0.29) is 12.4 Å². The van der Waals surface area contributed by atoms with Gasteiger partial charge in [-0.2, -0.15) is 0 Å². The molecular formula is C54H48O2Si2. The van der Waals surface area contributed by atoms with Gasteiger partial charge in [0.1, 0.15) is 6.10 Å². The quantitative estimate of drug-likeness (QED) is 0.0976. The first kappa shape index (κ1) is 37.7. The van der Waals surface area contributed by atoms with E-state index in [1.807, 2.05) is 0 Å². The van der Waals surface area contributed by atoms with Gasteiger partial charge in [0.2, 0.25) is 0 Å². The van der Waals surface area contributed by atoms with Gasteiger partial charge in [0, 0.05) is 6.61 Å². The highest BCUT2D eigenvalue weighted by molar-refractivity contribution is 7.20. The molecule has 1 unspecified atom stereocenters. The van der Waals surface area contributed by atoms with Gasteiger partial charge in [-0.05, 0) is 71.9 Å². The van der Waals surface area contributed by atoms with Gasteiger partial charge in [0.15, 0.2) is 22.4 Å². The second-order valence-electron chi connectivity index (χ2n) is 15.3. The maximum absolute atomic E-state index is 7.24. The molecule has 2 nitrogen and oxygen atoms in total. The number of ether oxygens (including phenoxy) is 2. The molecule has 0 aliphatic carbocycles.